The van der Waals surface area contributed by atoms with Crippen LogP contribution in [0.1, 0.15) is 0 Å². The van der Waals surface area contributed by atoms with Gasteiger partial charge in [-0.05, 0) is 0 Å². The van der Waals surface area contributed by atoms with Crippen molar-refractivity contribution in [2.45, 2.75) is 48.8 Å². The Kier molecular flexibility index (Phi) is 9.22. The summed E-state index contributed by atoms with van der Waals surface area (Å²) in [5, 5.41) is 82.1. The molecule has 8 atom stereocenters. The van der Waals surface area contributed by atoms with E-state index in [1.54, 1.807) is 0 Å². The molecule has 0 radical (unpaired) electrons. The third-order valence-electron chi connectivity index (χ3n) is 3.14. The van der Waals surface area contributed by atoms with Crippen molar-refractivity contribution in [1.82, 2.24) is 0 Å². The molecule has 26 heavy (non-hydrogen) atoms. The van der Waals surface area contributed by atoms with Gasteiger partial charge in [-0.1, -0.05) is 0 Å². The van der Waals surface area contributed by atoms with E-state index >= 15 is 0 Å². The van der Waals surface area contributed by atoms with Crippen molar-refractivity contribution in [3.05, 3.63) is 0 Å². The Labute approximate surface area is 144 Å². The van der Waals surface area contributed by atoms with E-state index < -0.39 is 66.7 Å². The van der Waals surface area contributed by atoms with E-state index in [0.717, 1.165) is 0 Å². The van der Waals surface area contributed by atoms with E-state index in [9.17, 15) is 44.7 Å². The van der Waals surface area contributed by atoms with Gasteiger partial charge in [-0.2, -0.15) is 0 Å². The minimum absolute atomic E-state index is 0.304. The lowest BCUT2D eigenvalue weighted by molar-refractivity contribution is -0.189. The van der Waals surface area contributed by atoms with Gasteiger partial charge in [0, 0.05) is 0 Å². The molecule has 0 aliphatic rings. The number of ether oxygens (including phenoxy) is 1. The zero-order valence-electron chi connectivity index (χ0n) is 12.8. The third-order valence-corrected chi connectivity index (χ3v) is 3.14. The van der Waals surface area contributed by atoms with Crippen LogP contribution in [0.15, 0.2) is 0 Å². The summed E-state index contributed by atoms with van der Waals surface area (Å²) < 4.78 is 4.21. The summed E-state index contributed by atoms with van der Waals surface area (Å²) in [5.74, 6) is -5.87. The fraction of sp³-hybridized carbons (Fsp3) is 0.667. The summed E-state index contributed by atoms with van der Waals surface area (Å²) in [6, 6.07) is 0. The fourth-order valence-corrected chi connectivity index (χ4v) is 1.57. The molecule has 0 aromatic carbocycles. The van der Waals surface area contributed by atoms with Crippen LogP contribution in [0.2, 0.25) is 0 Å². The van der Waals surface area contributed by atoms with E-state index in [-0.39, 0.29) is 6.29 Å². The maximum atomic E-state index is 11.6. The molecule has 0 spiro atoms. The molecule has 150 valence electrons. The first-order valence-corrected chi connectivity index (χ1v) is 6.74. The number of aliphatic hydroxyl groups is 7. The van der Waals surface area contributed by atoms with Crippen LogP contribution in [0, 0.1) is 0 Å². The first-order chi connectivity index (χ1) is 11.9. The van der Waals surface area contributed by atoms with E-state index in [2.05, 4.69) is 4.74 Å². The molecule has 0 aromatic rings. The molecular weight excluding hydrogens is 368 g/mol. The number of hydrogen-bond donors (Lipinski definition) is 9. The number of rotatable bonds is 11. The molecule has 0 amide bonds. The second kappa shape index (κ2) is 10.1. The number of carbonyl (C=O) groups is 4. The predicted molar refractivity (Wildman–Crippen MR) is 73.3 cm³/mol. The Bertz CT molecular complexity index is 520. The van der Waals surface area contributed by atoms with E-state index in [4.69, 9.17) is 20.4 Å². The van der Waals surface area contributed by atoms with Gasteiger partial charge in [-0.3, -0.25) is 4.79 Å². The summed E-state index contributed by atoms with van der Waals surface area (Å²) in [6.07, 6.45) is -20.5. The van der Waals surface area contributed by atoms with Gasteiger partial charge in [0.05, 0.1) is 0 Å². The molecule has 0 rings (SSSR count). The highest BCUT2D eigenvalue weighted by atomic mass is 16.6. The average molecular weight is 386 g/mol. The van der Waals surface area contributed by atoms with Crippen molar-refractivity contribution in [2.75, 3.05) is 0 Å². The first-order valence-electron chi connectivity index (χ1n) is 6.74. The summed E-state index contributed by atoms with van der Waals surface area (Å²) in [7, 11) is 0. The molecule has 0 aromatic heterocycles. The normalized spacial score (nSPS) is 20.6. The maximum absolute atomic E-state index is 11.6. The topological polar surface area (TPSA) is 260 Å². The van der Waals surface area contributed by atoms with E-state index in [1.807, 2.05) is 0 Å². The van der Waals surface area contributed by atoms with Crippen molar-refractivity contribution < 1.29 is 69.9 Å². The molecule has 0 saturated carbocycles. The standard InChI is InChI=1S/C12H18O14/c13-1-2(3(14)4(15)7(18)10(21)22)26-12(25)9(20)6(17)5(16)8(19)11(23)24/h1-9,14-20H,(H,21,22)(H,23,24)/t2-,3+,4-,5-,6-,7-,8-,9+/m0/s1. The molecule has 0 aliphatic carbocycles. The van der Waals surface area contributed by atoms with Gasteiger partial charge >= 0.3 is 17.9 Å². The number of carboxylic acids is 2. The lowest BCUT2D eigenvalue weighted by atomic mass is 10.0. The Morgan fingerprint density at radius 3 is 1.35 bits per heavy atom. The van der Waals surface area contributed by atoms with Crippen LogP contribution in [0.5, 0.6) is 0 Å². The van der Waals surface area contributed by atoms with Crippen LogP contribution in [-0.4, -0.2) is 119 Å². The highest BCUT2D eigenvalue weighted by Crippen LogP contribution is 2.12. The second-order valence-electron chi connectivity index (χ2n) is 5.01. The molecule has 0 unspecified atom stereocenters. The van der Waals surface area contributed by atoms with Gasteiger partial charge in [0.15, 0.2) is 30.7 Å². The monoisotopic (exact) mass is 386 g/mol. The van der Waals surface area contributed by atoms with Gasteiger partial charge < -0.3 is 50.7 Å². The van der Waals surface area contributed by atoms with Crippen LogP contribution in [0.3, 0.4) is 0 Å². The van der Waals surface area contributed by atoms with Crippen molar-refractivity contribution in [2.24, 2.45) is 0 Å². The van der Waals surface area contributed by atoms with Gasteiger partial charge in [0.2, 0.25) is 0 Å². The van der Waals surface area contributed by atoms with Gasteiger partial charge in [0.1, 0.15) is 24.4 Å². The SMILES string of the molecule is O=C[C@H](OC(=O)[C@H](O)[C@@H](O)[C@H](O)[C@H](O)C(=O)O)[C@@H](O)[C@H](O)[C@H](O)C(=O)O. The smallest absolute Gasteiger partial charge is 0.338 e. The fourth-order valence-electron chi connectivity index (χ4n) is 1.57. The number of aliphatic hydroxyl groups excluding tert-OH is 7. The summed E-state index contributed by atoms with van der Waals surface area (Å²) in [6.45, 7) is 0. The van der Waals surface area contributed by atoms with Gasteiger partial charge in [-0.25, -0.2) is 14.4 Å². The largest absolute Gasteiger partial charge is 0.479 e. The highest BCUT2D eigenvalue weighted by molar-refractivity contribution is 5.78. The minimum atomic E-state index is -2.70. The molecule has 0 saturated heterocycles. The number of hydrogen-bond acceptors (Lipinski definition) is 12. The molecule has 9 N–H and O–H groups in total. The Morgan fingerprint density at radius 2 is 1.00 bits per heavy atom. The lowest BCUT2D eigenvalue weighted by Gasteiger charge is -2.27. The van der Waals surface area contributed by atoms with Crippen LogP contribution in [0.4, 0.5) is 0 Å². The number of esters is 1. The van der Waals surface area contributed by atoms with E-state index in [0.29, 0.717) is 0 Å². The molecular formula is C12H18O14. The Balaban J connectivity index is 5.06. The van der Waals surface area contributed by atoms with Crippen molar-refractivity contribution in [3.8, 4) is 0 Å². The van der Waals surface area contributed by atoms with Crippen LogP contribution in [-0.2, 0) is 23.9 Å². The van der Waals surface area contributed by atoms with Crippen molar-refractivity contribution >= 4 is 24.2 Å². The molecule has 14 nitrogen and oxygen atoms in total. The quantitative estimate of drug-likeness (QED) is 0.118. The highest BCUT2D eigenvalue weighted by Gasteiger charge is 2.41. The Hall–Kier alpha value is -2.20. The number of carbonyl (C=O) groups excluding carboxylic acids is 2. The maximum Gasteiger partial charge on any atom is 0.338 e. The second-order valence-corrected chi connectivity index (χ2v) is 5.01. The number of aldehydes is 1. The first kappa shape index (κ1) is 23.8. The number of aliphatic carboxylic acids is 2. The van der Waals surface area contributed by atoms with Crippen LogP contribution < -0.4 is 0 Å². The molecule has 0 fully saturated rings. The average Bonchev–Trinajstić information content (AvgIpc) is 2.60. The predicted octanol–water partition coefficient (Wildman–Crippen LogP) is -6.21. The van der Waals surface area contributed by atoms with Crippen LogP contribution >= 0.6 is 0 Å². The third kappa shape index (κ3) is 5.95. The van der Waals surface area contributed by atoms with E-state index in [1.165, 1.54) is 0 Å². The van der Waals surface area contributed by atoms with Gasteiger partial charge in [-0.15, -0.1) is 0 Å². The summed E-state index contributed by atoms with van der Waals surface area (Å²) in [4.78, 5) is 43.3. The van der Waals surface area contributed by atoms with Crippen molar-refractivity contribution in [1.29, 1.82) is 0 Å². The molecule has 14 heteroatoms. The zero-order chi connectivity index (χ0) is 20.8. The Morgan fingerprint density at radius 1 is 0.654 bits per heavy atom. The lowest BCUT2D eigenvalue weighted by Crippen LogP contribution is -2.53. The molecule has 0 bridgehead atoms. The summed E-state index contributed by atoms with van der Waals surface area (Å²) in [5.41, 5.74) is 0. The molecule has 0 aliphatic heterocycles. The minimum Gasteiger partial charge on any atom is -0.479 e. The van der Waals surface area contributed by atoms with Crippen LogP contribution in [0.25, 0.3) is 0 Å². The number of carboxylic acid groups (broad SMARTS) is 2. The van der Waals surface area contributed by atoms with Gasteiger partial charge in [0.25, 0.3) is 0 Å². The summed E-state index contributed by atoms with van der Waals surface area (Å²) >= 11 is 0. The molecule has 0 heterocycles. The van der Waals surface area contributed by atoms with Crippen molar-refractivity contribution in [3.63, 3.8) is 0 Å². The zero-order valence-corrected chi connectivity index (χ0v) is 12.8.